The highest BCUT2D eigenvalue weighted by Gasteiger charge is 2.10. The van der Waals surface area contributed by atoms with Crippen molar-refractivity contribution >= 4 is 15.9 Å². The first-order chi connectivity index (χ1) is 7.15. The fourth-order valence-corrected chi connectivity index (χ4v) is 1.46. The van der Waals surface area contributed by atoms with Crippen molar-refractivity contribution in [2.45, 2.75) is 6.92 Å². The zero-order valence-electron chi connectivity index (χ0n) is 8.32. The molecular weight excluding hydrogens is 268 g/mol. The summed E-state index contributed by atoms with van der Waals surface area (Å²) in [7, 11) is 0. The molecule has 0 saturated carbocycles. The van der Waals surface area contributed by atoms with Crippen molar-refractivity contribution < 1.29 is 13.5 Å². The van der Waals surface area contributed by atoms with Gasteiger partial charge in [-0.15, -0.1) is 0 Å². The summed E-state index contributed by atoms with van der Waals surface area (Å²) in [5.74, 6) is -1.93. The maximum atomic E-state index is 13.1. The van der Waals surface area contributed by atoms with Crippen LogP contribution in [0.25, 0.3) is 0 Å². The van der Waals surface area contributed by atoms with E-state index in [1.54, 1.807) is 0 Å². The summed E-state index contributed by atoms with van der Waals surface area (Å²) in [6.45, 7) is 3.68. The Morgan fingerprint density at radius 3 is 2.80 bits per heavy atom. The third kappa shape index (κ3) is 3.76. The van der Waals surface area contributed by atoms with Gasteiger partial charge in [0.2, 0.25) is 5.82 Å². The molecule has 0 spiro atoms. The van der Waals surface area contributed by atoms with Gasteiger partial charge < -0.3 is 10.1 Å². The first-order valence-electron chi connectivity index (χ1n) is 4.63. The molecule has 0 aliphatic rings. The summed E-state index contributed by atoms with van der Waals surface area (Å²) in [4.78, 5) is 0. The maximum absolute atomic E-state index is 13.1. The second-order valence-electron chi connectivity index (χ2n) is 2.90. The lowest BCUT2D eigenvalue weighted by molar-refractivity contribution is 0.294. The second-order valence-corrected chi connectivity index (χ2v) is 3.82. The minimum atomic E-state index is -0.949. The third-order valence-corrected chi connectivity index (χ3v) is 2.20. The van der Waals surface area contributed by atoms with Crippen LogP contribution in [0.4, 0.5) is 8.78 Å². The average Bonchev–Trinajstić information content (AvgIpc) is 2.19. The first-order valence-corrected chi connectivity index (χ1v) is 5.42. The van der Waals surface area contributed by atoms with Crippen LogP contribution in [-0.2, 0) is 0 Å². The Morgan fingerprint density at radius 1 is 1.40 bits per heavy atom. The van der Waals surface area contributed by atoms with Gasteiger partial charge in [-0.25, -0.2) is 4.39 Å². The molecule has 0 heterocycles. The highest BCUT2D eigenvalue weighted by molar-refractivity contribution is 9.10. The van der Waals surface area contributed by atoms with Gasteiger partial charge in [-0.3, -0.25) is 0 Å². The Labute approximate surface area is 95.8 Å². The minimum absolute atomic E-state index is 0.0696. The Bertz CT molecular complexity index is 333. The van der Waals surface area contributed by atoms with Crippen molar-refractivity contribution in [3.63, 3.8) is 0 Å². The standard InChI is InChI=1S/C10H12BrF2NO/c1-2-14-3-4-15-9-6-7(11)5-8(12)10(9)13/h5-6,14H,2-4H2,1H3. The van der Waals surface area contributed by atoms with Crippen LogP contribution in [0.3, 0.4) is 0 Å². The molecule has 0 amide bonds. The number of benzene rings is 1. The molecule has 1 aromatic rings. The van der Waals surface area contributed by atoms with E-state index < -0.39 is 11.6 Å². The summed E-state index contributed by atoms with van der Waals surface area (Å²) in [5, 5.41) is 3.01. The average molecular weight is 280 g/mol. The van der Waals surface area contributed by atoms with Crippen LogP contribution in [0, 0.1) is 11.6 Å². The van der Waals surface area contributed by atoms with Crippen LogP contribution in [0.2, 0.25) is 0 Å². The molecule has 2 nitrogen and oxygen atoms in total. The molecule has 0 atom stereocenters. The van der Waals surface area contributed by atoms with E-state index in [1.165, 1.54) is 6.07 Å². The molecule has 0 aliphatic heterocycles. The van der Waals surface area contributed by atoms with E-state index in [0.29, 0.717) is 17.6 Å². The predicted octanol–water partition coefficient (Wildman–Crippen LogP) is 2.72. The van der Waals surface area contributed by atoms with Gasteiger partial charge in [-0.1, -0.05) is 22.9 Å². The van der Waals surface area contributed by atoms with Crippen LogP contribution >= 0.6 is 15.9 Å². The van der Waals surface area contributed by atoms with Crippen molar-refractivity contribution in [1.82, 2.24) is 5.32 Å². The van der Waals surface area contributed by atoms with Gasteiger partial charge in [0.1, 0.15) is 6.61 Å². The van der Waals surface area contributed by atoms with E-state index in [2.05, 4.69) is 21.2 Å². The van der Waals surface area contributed by atoms with Crippen LogP contribution in [-0.4, -0.2) is 19.7 Å². The minimum Gasteiger partial charge on any atom is -0.489 e. The smallest absolute Gasteiger partial charge is 0.200 e. The lowest BCUT2D eigenvalue weighted by atomic mass is 10.3. The van der Waals surface area contributed by atoms with Gasteiger partial charge in [-0.2, -0.15) is 4.39 Å². The quantitative estimate of drug-likeness (QED) is 0.661. The summed E-state index contributed by atoms with van der Waals surface area (Å²) < 4.78 is 31.6. The highest BCUT2D eigenvalue weighted by atomic mass is 79.9. The molecule has 1 rings (SSSR count). The molecule has 84 valence electrons. The fourth-order valence-electron chi connectivity index (χ4n) is 1.05. The molecule has 0 bridgehead atoms. The predicted molar refractivity (Wildman–Crippen MR) is 58.1 cm³/mol. The molecule has 0 aliphatic carbocycles. The molecule has 0 saturated heterocycles. The summed E-state index contributed by atoms with van der Waals surface area (Å²) in [6.07, 6.45) is 0. The zero-order valence-corrected chi connectivity index (χ0v) is 9.90. The van der Waals surface area contributed by atoms with Crippen molar-refractivity contribution in [3.05, 3.63) is 28.2 Å². The molecule has 15 heavy (non-hydrogen) atoms. The monoisotopic (exact) mass is 279 g/mol. The van der Waals surface area contributed by atoms with Gasteiger partial charge in [0.05, 0.1) is 0 Å². The maximum Gasteiger partial charge on any atom is 0.200 e. The third-order valence-electron chi connectivity index (χ3n) is 1.75. The van der Waals surface area contributed by atoms with Crippen molar-refractivity contribution in [1.29, 1.82) is 0 Å². The molecule has 0 unspecified atom stereocenters. The summed E-state index contributed by atoms with van der Waals surface area (Å²) in [5.41, 5.74) is 0. The lowest BCUT2D eigenvalue weighted by Crippen LogP contribution is -2.20. The number of likely N-dealkylation sites (N-methyl/N-ethyl adjacent to an activating group) is 1. The van der Waals surface area contributed by atoms with Crippen molar-refractivity contribution in [2.75, 3.05) is 19.7 Å². The van der Waals surface area contributed by atoms with Gasteiger partial charge in [0.25, 0.3) is 0 Å². The number of hydrogen-bond donors (Lipinski definition) is 1. The Balaban J connectivity index is 2.60. The van der Waals surface area contributed by atoms with Crippen LogP contribution in [0.15, 0.2) is 16.6 Å². The number of halogens is 3. The number of rotatable bonds is 5. The van der Waals surface area contributed by atoms with Crippen LogP contribution in [0.1, 0.15) is 6.92 Å². The molecular formula is C10H12BrF2NO. The SMILES string of the molecule is CCNCCOc1cc(Br)cc(F)c1F. The van der Waals surface area contributed by atoms with E-state index in [-0.39, 0.29) is 5.75 Å². The molecule has 0 radical (unpaired) electrons. The van der Waals surface area contributed by atoms with Gasteiger partial charge in [0.15, 0.2) is 11.6 Å². The van der Waals surface area contributed by atoms with Crippen molar-refractivity contribution in [2.24, 2.45) is 0 Å². The van der Waals surface area contributed by atoms with Gasteiger partial charge in [0, 0.05) is 11.0 Å². The Morgan fingerprint density at radius 2 is 2.13 bits per heavy atom. The van der Waals surface area contributed by atoms with Gasteiger partial charge in [-0.05, 0) is 18.7 Å². The fraction of sp³-hybridized carbons (Fsp3) is 0.400. The largest absolute Gasteiger partial charge is 0.489 e. The molecule has 0 fully saturated rings. The lowest BCUT2D eigenvalue weighted by Gasteiger charge is -2.08. The van der Waals surface area contributed by atoms with Crippen molar-refractivity contribution in [3.8, 4) is 5.75 Å². The molecule has 0 aromatic heterocycles. The number of nitrogens with one attached hydrogen (secondary N) is 1. The van der Waals surface area contributed by atoms with E-state index in [1.807, 2.05) is 6.92 Å². The van der Waals surface area contributed by atoms with E-state index >= 15 is 0 Å². The van der Waals surface area contributed by atoms with E-state index in [9.17, 15) is 8.78 Å². The number of hydrogen-bond acceptors (Lipinski definition) is 2. The molecule has 1 aromatic carbocycles. The Kier molecular flexibility index (Phi) is 4.98. The topological polar surface area (TPSA) is 21.3 Å². The summed E-state index contributed by atoms with van der Waals surface area (Å²) in [6, 6.07) is 2.47. The van der Waals surface area contributed by atoms with Gasteiger partial charge >= 0.3 is 0 Å². The molecule has 5 heteroatoms. The first kappa shape index (κ1) is 12.4. The highest BCUT2D eigenvalue weighted by Crippen LogP contribution is 2.25. The zero-order chi connectivity index (χ0) is 11.3. The normalized spacial score (nSPS) is 10.4. The summed E-state index contributed by atoms with van der Waals surface area (Å²) >= 11 is 3.07. The number of ether oxygens (including phenoxy) is 1. The van der Waals surface area contributed by atoms with Crippen LogP contribution < -0.4 is 10.1 Å². The van der Waals surface area contributed by atoms with E-state index in [0.717, 1.165) is 12.6 Å². The Hall–Kier alpha value is -0.680. The second kappa shape index (κ2) is 6.02. The van der Waals surface area contributed by atoms with Crippen LogP contribution in [0.5, 0.6) is 5.75 Å². The van der Waals surface area contributed by atoms with E-state index in [4.69, 9.17) is 4.74 Å². The molecule has 1 N–H and O–H groups in total.